The predicted molar refractivity (Wildman–Crippen MR) is 83.2 cm³/mol. The van der Waals surface area contributed by atoms with Crippen LogP contribution in [0.25, 0.3) is 0 Å². The number of aromatic nitrogens is 4. The van der Waals surface area contributed by atoms with Gasteiger partial charge in [-0.3, -0.25) is 4.68 Å². The summed E-state index contributed by atoms with van der Waals surface area (Å²) in [7, 11) is 1.30. The summed E-state index contributed by atoms with van der Waals surface area (Å²) in [6.45, 7) is 2.34. The topological polar surface area (TPSA) is 87.9 Å². The molecule has 0 spiro atoms. The van der Waals surface area contributed by atoms with Gasteiger partial charge in [-0.1, -0.05) is 0 Å². The van der Waals surface area contributed by atoms with E-state index in [1.807, 2.05) is 0 Å². The number of hydrogen-bond donors (Lipinski definition) is 3. The molecule has 0 radical (unpaired) electrons. The fourth-order valence-corrected chi connectivity index (χ4v) is 2.10. The van der Waals surface area contributed by atoms with E-state index in [9.17, 15) is 22.7 Å². The van der Waals surface area contributed by atoms with Gasteiger partial charge < -0.3 is 15.7 Å². The maximum Gasteiger partial charge on any atom is 0.421 e. The molecule has 2 heterocycles. The Morgan fingerprint density at radius 3 is 2.48 bits per heavy atom. The summed E-state index contributed by atoms with van der Waals surface area (Å²) in [6, 6.07) is 0. The maximum atomic E-state index is 13.1. The third-order valence-corrected chi connectivity index (χ3v) is 3.09. The van der Waals surface area contributed by atoms with Gasteiger partial charge in [-0.25, -0.2) is 9.37 Å². The van der Waals surface area contributed by atoms with Gasteiger partial charge in [0.1, 0.15) is 23.7 Å². The molecule has 0 amide bonds. The third-order valence-electron chi connectivity index (χ3n) is 3.09. The Morgan fingerprint density at radius 1 is 1.28 bits per heavy atom. The Kier molecular flexibility index (Phi) is 5.16. The number of anilines is 3. The third kappa shape index (κ3) is 4.78. The van der Waals surface area contributed by atoms with E-state index >= 15 is 0 Å². The van der Waals surface area contributed by atoms with E-state index in [2.05, 4.69) is 25.7 Å². The lowest BCUT2D eigenvalue weighted by atomic mass is 10.1. The smallest absolute Gasteiger partial charge is 0.389 e. The summed E-state index contributed by atoms with van der Waals surface area (Å²) in [5, 5.41) is 18.8. The molecule has 0 bridgehead atoms. The molecule has 0 aliphatic carbocycles. The number of aliphatic hydroxyl groups is 1. The van der Waals surface area contributed by atoms with Crippen LogP contribution < -0.4 is 10.6 Å². The summed E-state index contributed by atoms with van der Waals surface area (Å²) < 4.78 is 53.0. The van der Waals surface area contributed by atoms with Crippen LogP contribution in [0.5, 0.6) is 0 Å². The van der Waals surface area contributed by atoms with Crippen LogP contribution in [0.3, 0.4) is 0 Å². The molecule has 11 heteroatoms. The van der Waals surface area contributed by atoms with Crippen LogP contribution in [0.15, 0.2) is 12.4 Å². The molecule has 0 aliphatic rings. The molecule has 0 aromatic carbocycles. The van der Waals surface area contributed by atoms with Crippen molar-refractivity contribution in [1.82, 2.24) is 19.7 Å². The number of alkyl halides is 4. The second-order valence-electron chi connectivity index (χ2n) is 5.96. The SMILES string of the molecule is CNc1nc(Nc2cn(CC(C)(C)O)nc2CF)ncc1C(F)(F)F. The number of nitrogens with zero attached hydrogens (tertiary/aromatic N) is 4. The number of nitrogens with one attached hydrogen (secondary N) is 2. The summed E-state index contributed by atoms with van der Waals surface area (Å²) in [5.41, 5.74) is -1.85. The molecule has 0 fully saturated rings. The van der Waals surface area contributed by atoms with E-state index in [-0.39, 0.29) is 23.9 Å². The van der Waals surface area contributed by atoms with Gasteiger partial charge in [0.2, 0.25) is 5.95 Å². The highest BCUT2D eigenvalue weighted by Crippen LogP contribution is 2.34. The van der Waals surface area contributed by atoms with Crippen molar-refractivity contribution >= 4 is 17.5 Å². The standard InChI is InChI=1S/C14H18F4N6O/c1-13(2,25)7-24-6-10(9(4-15)23-24)21-12-20-5-8(14(16,17)18)11(19-3)22-12/h5-6,25H,4,7H2,1-3H3,(H2,19,20,21,22). The van der Waals surface area contributed by atoms with E-state index in [4.69, 9.17) is 0 Å². The van der Waals surface area contributed by atoms with Gasteiger partial charge in [0.25, 0.3) is 0 Å². The Bertz CT molecular complexity index is 738. The summed E-state index contributed by atoms with van der Waals surface area (Å²) >= 11 is 0. The number of hydrogen-bond acceptors (Lipinski definition) is 6. The van der Waals surface area contributed by atoms with Crippen molar-refractivity contribution in [1.29, 1.82) is 0 Å². The van der Waals surface area contributed by atoms with Crippen LogP contribution in [0.2, 0.25) is 0 Å². The maximum absolute atomic E-state index is 13.1. The van der Waals surface area contributed by atoms with Crippen LogP contribution in [-0.2, 0) is 19.4 Å². The minimum absolute atomic E-state index is 0.0266. The average Bonchev–Trinajstić information content (AvgIpc) is 2.85. The zero-order chi connectivity index (χ0) is 18.8. The van der Waals surface area contributed by atoms with Crippen molar-refractivity contribution < 1.29 is 22.7 Å². The summed E-state index contributed by atoms with van der Waals surface area (Å²) in [4.78, 5) is 7.37. The lowest BCUT2D eigenvalue weighted by molar-refractivity contribution is -0.137. The zero-order valence-corrected chi connectivity index (χ0v) is 13.8. The molecule has 0 saturated heterocycles. The first kappa shape index (κ1) is 18.9. The molecular weight excluding hydrogens is 344 g/mol. The Morgan fingerprint density at radius 2 is 1.96 bits per heavy atom. The molecule has 3 N–H and O–H groups in total. The Hall–Kier alpha value is -2.43. The van der Waals surface area contributed by atoms with E-state index in [0.717, 1.165) is 0 Å². The first-order valence-electron chi connectivity index (χ1n) is 7.27. The first-order valence-corrected chi connectivity index (χ1v) is 7.27. The van der Waals surface area contributed by atoms with Crippen LogP contribution in [0.1, 0.15) is 25.1 Å². The van der Waals surface area contributed by atoms with Crippen molar-refractivity contribution in [2.24, 2.45) is 0 Å². The normalized spacial score (nSPS) is 12.3. The molecule has 2 aromatic rings. The van der Waals surface area contributed by atoms with Gasteiger partial charge in [0.05, 0.1) is 17.8 Å². The molecule has 0 aliphatic heterocycles. The van der Waals surface area contributed by atoms with Crippen molar-refractivity contribution in [3.8, 4) is 0 Å². The largest absolute Gasteiger partial charge is 0.421 e. The first-order chi connectivity index (χ1) is 11.5. The highest BCUT2D eigenvalue weighted by molar-refractivity contribution is 5.58. The van der Waals surface area contributed by atoms with Crippen LogP contribution in [0.4, 0.5) is 35.0 Å². The second-order valence-corrected chi connectivity index (χ2v) is 5.96. The van der Waals surface area contributed by atoms with Crippen molar-refractivity contribution in [2.75, 3.05) is 17.7 Å². The summed E-state index contributed by atoms with van der Waals surface area (Å²) in [5.74, 6) is -0.550. The van der Waals surface area contributed by atoms with Gasteiger partial charge in [-0.2, -0.15) is 23.3 Å². The fraction of sp³-hybridized carbons (Fsp3) is 0.500. The molecule has 0 saturated carbocycles. The van der Waals surface area contributed by atoms with Crippen molar-refractivity contribution in [3.63, 3.8) is 0 Å². The predicted octanol–water partition coefficient (Wildman–Crippen LogP) is 2.72. The molecule has 2 aromatic heterocycles. The Balaban J connectivity index is 2.30. The molecular formula is C14H18F4N6O. The lowest BCUT2D eigenvalue weighted by Gasteiger charge is -2.16. The van der Waals surface area contributed by atoms with Gasteiger partial charge in [0.15, 0.2) is 0 Å². The molecule has 138 valence electrons. The summed E-state index contributed by atoms with van der Waals surface area (Å²) in [6.07, 6.45) is -2.54. The highest BCUT2D eigenvalue weighted by atomic mass is 19.4. The minimum Gasteiger partial charge on any atom is -0.389 e. The lowest BCUT2D eigenvalue weighted by Crippen LogP contribution is -2.26. The van der Waals surface area contributed by atoms with Gasteiger partial charge in [-0.05, 0) is 13.8 Å². The number of halogens is 4. The Labute approximate surface area is 141 Å². The van der Waals surface area contributed by atoms with Crippen LogP contribution in [-0.4, -0.2) is 37.5 Å². The molecule has 2 rings (SSSR count). The second kappa shape index (κ2) is 6.82. The molecule has 25 heavy (non-hydrogen) atoms. The van der Waals surface area contributed by atoms with Crippen molar-refractivity contribution in [3.05, 3.63) is 23.7 Å². The van der Waals surface area contributed by atoms with E-state index in [1.54, 1.807) is 13.8 Å². The van der Waals surface area contributed by atoms with E-state index < -0.39 is 29.8 Å². The fourth-order valence-electron chi connectivity index (χ4n) is 2.10. The highest BCUT2D eigenvalue weighted by Gasteiger charge is 2.35. The van der Waals surface area contributed by atoms with Gasteiger partial charge in [0, 0.05) is 19.4 Å². The van der Waals surface area contributed by atoms with Gasteiger partial charge in [-0.15, -0.1) is 0 Å². The average molecular weight is 362 g/mol. The monoisotopic (exact) mass is 362 g/mol. The van der Waals surface area contributed by atoms with E-state index in [1.165, 1.54) is 17.9 Å². The van der Waals surface area contributed by atoms with E-state index in [0.29, 0.717) is 6.20 Å². The molecule has 7 nitrogen and oxygen atoms in total. The minimum atomic E-state index is -4.60. The zero-order valence-electron chi connectivity index (χ0n) is 13.8. The van der Waals surface area contributed by atoms with Crippen LogP contribution in [0, 0.1) is 0 Å². The van der Waals surface area contributed by atoms with Crippen molar-refractivity contribution in [2.45, 2.75) is 38.8 Å². The molecule has 0 atom stereocenters. The number of rotatable bonds is 6. The quantitative estimate of drug-likeness (QED) is 0.685. The van der Waals surface area contributed by atoms with Gasteiger partial charge >= 0.3 is 6.18 Å². The molecule has 0 unspecified atom stereocenters. The van der Waals surface area contributed by atoms with Crippen LogP contribution >= 0.6 is 0 Å².